The fraction of sp³-hybridized carbons (Fsp3) is 0.487. The molecule has 0 fully saturated rings. The number of nitrogens with one attached hydrogen (secondary N) is 1. The van der Waals surface area contributed by atoms with Gasteiger partial charge >= 0.3 is 7.82 Å². The molecule has 3 rings (SSSR count). The molecule has 0 heterocycles. The molecule has 3 aromatic carbocycles. The van der Waals surface area contributed by atoms with E-state index in [1.807, 2.05) is 81.1 Å². The molecule has 290 valence electrons. The highest BCUT2D eigenvalue weighted by Crippen LogP contribution is 2.48. The standard InChI is InChI=1S/C9H11NO.C9H21O4P.C8H10S.C7H8S.C3H7NO.C3H8S/c1-8(11-2)10-9-6-4-3-5-7-9;1-4-6-8-12-14(10,11-3)13-9-7-5-2;1-7-3-5-8(9-2)6-4-7;1-8-7-5-3-2-4-6-7;1-3(4)5-2;1-3-4-2/h3-7H,1-2H3;4-9H2,1-3H3;3-6H,1-2H3;2-6H,1H3;4H,1-2H3;3H2,1-2H3. The molecule has 0 saturated heterocycles. The molecule has 0 atom stereocenters. The number of rotatable bonds is 13. The van der Waals surface area contributed by atoms with Crippen LogP contribution in [0.25, 0.3) is 0 Å². The van der Waals surface area contributed by atoms with E-state index in [1.165, 1.54) is 35.3 Å². The average Bonchev–Trinajstić information content (AvgIpc) is 3.17. The molecular formula is C39H65N2O6PS3. The van der Waals surface area contributed by atoms with E-state index in [2.05, 4.69) is 78.7 Å². The Hall–Kier alpha value is -2.24. The monoisotopic (exact) mass is 784 g/mol. The zero-order valence-electron chi connectivity index (χ0n) is 33.1. The lowest BCUT2D eigenvalue weighted by Gasteiger charge is -2.15. The summed E-state index contributed by atoms with van der Waals surface area (Å²) in [6.07, 6.45) is 9.99. The second-order valence-corrected chi connectivity index (χ2v) is 14.7. The molecule has 0 aromatic heterocycles. The van der Waals surface area contributed by atoms with Gasteiger partial charge in [-0.3, -0.25) is 19.0 Å². The minimum Gasteiger partial charge on any atom is -0.485 e. The van der Waals surface area contributed by atoms with Gasteiger partial charge in [0.25, 0.3) is 0 Å². The summed E-state index contributed by atoms with van der Waals surface area (Å²) < 4.78 is 35.8. The number of hydrogen-bond acceptors (Lipinski definition) is 11. The lowest BCUT2D eigenvalue weighted by atomic mass is 10.2. The van der Waals surface area contributed by atoms with E-state index in [4.69, 9.17) is 23.7 Å². The van der Waals surface area contributed by atoms with Crippen molar-refractivity contribution in [2.75, 3.05) is 59.1 Å². The van der Waals surface area contributed by atoms with Gasteiger partial charge in [0.15, 0.2) is 11.8 Å². The summed E-state index contributed by atoms with van der Waals surface area (Å²) in [5.41, 5.74) is 2.25. The van der Waals surface area contributed by atoms with E-state index in [1.54, 1.807) is 37.6 Å². The Morgan fingerprint density at radius 2 is 1.12 bits per heavy atom. The molecule has 12 heteroatoms. The molecule has 0 saturated carbocycles. The Labute approximate surface area is 323 Å². The number of aliphatic imine (C=N–C) groups is 1. The van der Waals surface area contributed by atoms with E-state index < -0.39 is 7.82 Å². The largest absolute Gasteiger partial charge is 0.485 e. The minimum absolute atomic E-state index is 0.255. The Kier molecular flexibility index (Phi) is 40.6. The zero-order valence-corrected chi connectivity index (χ0v) is 36.4. The molecule has 0 radical (unpaired) electrons. The smallest absolute Gasteiger partial charge is 0.474 e. The summed E-state index contributed by atoms with van der Waals surface area (Å²) in [7, 11) is 1.17. The van der Waals surface area contributed by atoms with E-state index >= 15 is 0 Å². The molecule has 0 aliphatic carbocycles. The highest BCUT2D eigenvalue weighted by atomic mass is 32.2. The van der Waals surface area contributed by atoms with Crippen molar-refractivity contribution in [3.8, 4) is 0 Å². The maximum atomic E-state index is 11.7. The first-order valence-corrected chi connectivity index (χ1v) is 22.1. The first kappa shape index (κ1) is 53.1. The van der Waals surface area contributed by atoms with Crippen LogP contribution in [0.3, 0.4) is 0 Å². The van der Waals surface area contributed by atoms with E-state index in [-0.39, 0.29) is 5.90 Å². The molecule has 0 spiro atoms. The predicted molar refractivity (Wildman–Crippen MR) is 228 cm³/mol. The number of phosphoric acid groups is 1. The molecule has 0 aliphatic rings. The Bertz CT molecular complexity index is 1240. The van der Waals surface area contributed by atoms with E-state index in [0.717, 1.165) is 31.4 Å². The highest BCUT2D eigenvalue weighted by molar-refractivity contribution is 7.99. The molecule has 0 amide bonds. The van der Waals surface area contributed by atoms with Crippen molar-refractivity contribution in [2.45, 2.75) is 77.0 Å². The lowest BCUT2D eigenvalue weighted by molar-refractivity contribution is 0.128. The molecular weight excluding hydrogens is 720 g/mol. The fourth-order valence-electron chi connectivity index (χ4n) is 2.74. The first-order chi connectivity index (χ1) is 24.4. The molecule has 0 unspecified atom stereocenters. The Morgan fingerprint density at radius 3 is 1.43 bits per heavy atom. The second kappa shape index (κ2) is 39.0. The van der Waals surface area contributed by atoms with Gasteiger partial charge in [-0.05, 0) is 80.7 Å². The van der Waals surface area contributed by atoms with Gasteiger partial charge in [0.05, 0.1) is 33.1 Å². The van der Waals surface area contributed by atoms with Crippen LogP contribution in [0.4, 0.5) is 5.69 Å². The van der Waals surface area contributed by atoms with Crippen molar-refractivity contribution in [3.05, 3.63) is 90.5 Å². The summed E-state index contributed by atoms with van der Waals surface area (Å²) in [6, 6.07) is 28.6. The number of para-hydroxylation sites is 1. The zero-order chi connectivity index (χ0) is 39.2. The van der Waals surface area contributed by atoms with Crippen LogP contribution in [-0.2, 0) is 27.6 Å². The fourth-order valence-corrected chi connectivity index (χ4v) is 4.57. The van der Waals surface area contributed by atoms with Crippen molar-refractivity contribution in [3.63, 3.8) is 0 Å². The van der Waals surface area contributed by atoms with Gasteiger partial charge in [-0.15, -0.1) is 23.5 Å². The maximum absolute atomic E-state index is 11.7. The van der Waals surface area contributed by atoms with Gasteiger partial charge in [0.1, 0.15) is 0 Å². The van der Waals surface area contributed by atoms with Crippen LogP contribution in [-0.4, -0.2) is 70.9 Å². The van der Waals surface area contributed by atoms with Gasteiger partial charge in [0.2, 0.25) is 0 Å². The third-order valence-electron chi connectivity index (χ3n) is 5.89. The first-order valence-electron chi connectivity index (χ1n) is 16.8. The van der Waals surface area contributed by atoms with Crippen LogP contribution in [0.15, 0.2) is 99.7 Å². The van der Waals surface area contributed by atoms with Crippen molar-refractivity contribution < 1.29 is 27.6 Å². The SMILES string of the molecule is CCCCOP(=O)(OC)OCCCC.CCSC.COC(C)=N.COC(C)=Nc1ccccc1.CSc1ccc(C)cc1.CSc1ccccc1. The maximum Gasteiger partial charge on any atom is 0.474 e. The number of nitrogens with zero attached hydrogens (tertiary/aromatic N) is 1. The molecule has 3 aromatic rings. The Morgan fingerprint density at radius 1 is 0.706 bits per heavy atom. The third-order valence-corrected chi connectivity index (χ3v) is 9.40. The van der Waals surface area contributed by atoms with Gasteiger partial charge in [-0.1, -0.05) is 87.7 Å². The molecule has 0 bridgehead atoms. The number of aryl methyl sites for hydroxylation is 1. The van der Waals surface area contributed by atoms with Crippen LogP contribution in [0.2, 0.25) is 0 Å². The van der Waals surface area contributed by atoms with Crippen LogP contribution in [0.1, 0.15) is 65.9 Å². The molecule has 1 N–H and O–H groups in total. The van der Waals surface area contributed by atoms with Gasteiger partial charge in [0, 0.05) is 30.7 Å². The second-order valence-electron chi connectivity index (χ2n) is 10.0. The summed E-state index contributed by atoms with van der Waals surface area (Å²) >= 11 is 5.40. The number of methoxy groups -OCH3 is 2. The van der Waals surface area contributed by atoms with Crippen LogP contribution < -0.4 is 0 Å². The number of unbranched alkanes of at least 4 members (excludes halogenated alkanes) is 2. The normalized spacial score (nSPS) is 10.1. The number of thioether (sulfide) groups is 3. The van der Waals surface area contributed by atoms with Crippen LogP contribution in [0.5, 0.6) is 0 Å². The van der Waals surface area contributed by atoms with Gasteiger partial charge in [-0.25, -0.2) is 9.56 Å². The van der Waals surface area contributed by atoms with Crippen LogP contribution >= 0.6 is 43.1 Å². The van der Waals surface area contributed by atoms with Crippen molar-refractivity contribution >= 4 is 60.6 Å². The van der Waals surface area contributed by atoms with Crippen molar-refractivity contribution in [2.24, 2.45) is 4.99 Å². The van der Waals surface area contributed by atoms with Crippen LogP contribution in [0, 0.1) is 12.3 Å². The molecule has 8 nitrogen and oxygen atoms in total. The van der Waals surface area contributed by atoms with Gasteiger partial charge < -0.3 is 9.47 Å². The third kappa shape index (κ3) is 37.3. The number of benzene rings is 3. The summed E-state index contributed by atoms with van der Waals surface area (Å²) in [5, 5.41) is 6.52. The summed E-state index contributed by atoms with van der Waals surface area (Å²) in [5.74, 6) is 2.17. The topological polar surface area (TPSA) is 99.4 Å². The van der Waals surface area contributed by atoms with Crippen molar-refractivity contribution in [1.29, 1.82) is 5.41 Å². The summed E-state index contributed by atoms with van der Waals surface area (Å²) in [4.78, 5) is 6.83. The van der Waals surface area contributed by atoms with Crippen molar-refractivity contribution in [1.82, 2.24) is 0 Å². The average molecular weight is 785 g/mol. The summed E-state index contributed by atoms with van der Waals surface area (Å²) in [6.45, 7) is 12.6. The van der Waals surface area contributed by atoms with E-state index in [9.17, 15) is 4.57 Å². The van der Waals surface area contributed by atoms with E-state index in [0.29, 0.717) is 19.1 Å². The number of hydrogen-bond donors (Lipinski definition) is 1. The Balaban J connectivity index is -0.000000565. The number of ether oxygens (including phenoxy) is 2. The quantitative estimate of drug-likeness (QED) is 0.0597. The predicted octanol–water partition coefficient (Wildman–Crippen LogP) is 12.9. The minimum atomic E-state index is -3.26. The molecule has 51 heavy (non-hydrogen) atoms. The van der Waals surface area contributed by atoms with Gasteiger partial charge in [-0.2, -0.15) is 11.8 Å². The highest BCUT2D eigenvalue weighted by Gasteiger charge is 2.23. The molecule has 0 aliphatic heterocycles. The lowest BCUT2D eigenvalue weighted by Crippen LogP contribution is -2.00. The number of phosphoric ester groups is 1.